The van der Waals surface area contributed by atoms with Gasteiger partial charge < -0.3 is 30.9 Å². The van der Waals surface area contributed by atoms with Crippen LogP contribution in [-0.4, -0.2) is 43.6 Å². The van der Waals surface area contributed by atoms with Crippen LogP contribution < -0.4 is 17.0 Å². The molecule has 0 radical (unpaired) electrons. The van der Waals surface area contributed by atoms with E-state index in [1.165, 1.54) is 11.5 Å². The molecule has 7 heteroatoms. The van der Waals surface area contributed by atoms with Gasteiger partial charge in [-0.2, -0.15) is 0 Å². The van der Waals surface area contributed by atoms with E-state index in [1.807, 2.05) is 38.5 Å². The Labute approximate surface area is 149 Å². The average molecular weight is 403 g/mol. The zero-order valence-corrected chi connectivity index (χ0v) is 16.1. The Balaban J connectivity index is 0.00000264. The lowest BCUT2D eigenvalue weighted by molar-refractivity contribution is -0.00000949. The summed E-state index contributed by atoms with van der Waals surface area (Å²) < 4.78 is 23.1. The van der Waals surface area contributed by atoms with Gasteiger partial charge in [-0.05, 0) is 13.8 Å². The van der Waals surface area contributed by atoms with E-state index >= 15 is 0 Å². The third-order valence-corrected chi connectivity index (χ3v) is 5.52. The van der Waals surface area contributed by atoms with Gasteiger partial charge in [-0.1, -0.05) is 0 Å². The van der Waals surface area contributed by atoms with Crippen molar-refractivity contribution < 1.29 is 30.6 Å². The van der Waals surface area contributed by atoms with Crippen LogP contribution in [0, 0.1) is 5.92 Å². The summed E-state index contributed by atoms with van der Waals surface area (Å²) in [5.74, 6) is 1.28. The lowest BCUT2D eigenvalue weighted by Gasteiger charge is -2.23. The molecular formula is C16H24BrN2O3P. The standard InChI is InChI=1S/C16H24N2O3P.BrH/c1-3-20-22(19,21-4-2)14-13-18-11-7-16(8-12-18)15-5-9-17-10-6-15;/h5,7-11H,3-4,6,12-14H2,1-2H3;1H/q+1;/p-1. The maximum atomic E-state index is 12.4. The molecule has 0 fully saturated rings. The van der Waals surface area contributed by atoms with Gasteiger partial charge in [0.05, 0.1) is 43.6 Å². The molecule has 0 spiro atoms. The van der Waals surface area contributed by atoms with Crippen LogP contribution in [0.15, 0.2) is 41.2 Å². The first-order chi connectivity index (χ1) is 10.7. The maximum Gasteiger partial charge on any atom is 0.332 e. The monoisotopic (exact) mass is 402 g/mol. The van der Waals surface area contributed by atoms with E-state index in [-0.39, 0.29) is 17.0 Å². The highest BCUT2D eigenvalue weighted by Gasteiger charge is 2.25. The molecule has 0 aromatic carbocycles. The largest absolute Gasteiger partial charge is 1.00 e. The van der Waals surface area contributed by atoms with Crippen LogP contribution in [-0.2, 0) is 13.6 Å². The van der Waals surface area contributed by atoms with Crippen molar-refractivity contribution in [1.82, 2.24) is 4.90 Å². The van der Waals surface area contributed by atoms with Gasteiger partial charge in [-0.15, -0.1) is 0 Å². The minimum Gasteiger partial charge on any atom is -1.00 e. The van der Waals surface area contributed by atoms with Crippen LogP contribution >= 0.6 is 7.60 Å². The Bertz CT molecular complexity index is 521. The summed E-state index contributed by atoms with van der Waals surface area (Å²) in [6.07, 6.45) is 13.4. The smallest absolute Gasteiger partial charge is 0.332 e. The minimum atomic E-state index is -2.96. The van der Waals surface area contributed by atoms with Crippen molar-refractivity contribution in [2.24, 2.45) is 4.99 Å². The average Bonchev–Trinajstić information content (AvgIpc) is 2.55. The molecule has 0 saturated heterocycles. The third kappa shape index (κ3) is 6.30. The van der Waals surface area contributed by atoms with Gasteiger partial charge in [0, 0.05) is 43.6 Å². The molecule has 0 atom stereocenters. The van der Waals surface area contributed by atoms with Gasteiger partial charge >= 0.3 is 7.60 Å². The number of halogens is 1. The Kier molecular flexibility index (Phi) is 8.92. The second kappa shape index (κ2) is 10.1. The minimum absolute atomic E-state index is 0. The fraction of sp³-hybridized carbons (Fsp3) is 0.500. The van der Waals surface area contributed by atoms with Gasteiger partial charge in [-0.25, -0.2) is 4.99 Å². The Morgan fingerprint density at radius 2 is 2.09 bits per heavy atom. The van der Waals surface area contributed by atoms with Gasteiger partial charge in [-0.3, -0.25) is 4.57 Å². The van der Waals surface area contributed by atoms with Crippen LogP contribution in [0.4, 0.5) is 0 Å². The van der Waals surface area contributed by atoms with Crippen LogP contribution in [0.3, 0.4) is 0 Å². The third-order valence-electron chi connectivity index (χ3n) is 3.47. The van der Waals surface area contributed by atoms with E-state index < -0.39 is 7.60 Å². The van der Waals surface area contributed by atoms with Crippen LogP contribution in [0.1, 0.15) is 20.3 Å². The molecule has 2 rings (SSSR count). The fourth-order valence-electron chi connectivity index (χ4n) is 2.37. The van der Waals surface area contributed by atoms with E-state index in [1.54, 1.807) is 0 Å². The predicted molar refractivity (Wildman–Crippen MR) is 90.0 cm³/mol. The molecule has 2 aliphatic rings. The van der Waals surface area contributed by atoms with Gasteiger partial charge in [0.1, 0.15) is 0 Å². The Morgan fingerprint density at radius 3 is 2.61 bits per heavy atom. The number of aliphatic imine (C=N–C) groups is 1. The highest BCUT2D eigenvalue weighted by Crippen LogP contribution is 2.47. The number of hydrogen-bond donors (Lipinski definition) is 0. The highest BCUT2D eigenvalue weighted by atomic mass is 79.9. The van der Waals surface area contributed by atoms with Gasteiger partial charge in [0.2, 0.25) is 0 Å². The first kappa shape index (κ1) is 20.2. The van der Waals surface area contributed by atoms with E-state index in [0.29, 0.717) is 25.9 Å². The molecule has 23 heavy (non-hydrogen) atoms. The molecule has 0 amide bonds. The maximum absolute atomic E-state index is 12.4. The second-order valence-corrected chi connectivity index (χ2v) is 7.20. The highest BCUT2D eigenvalue weighted by molar-refractivity contribution is 7.53. The van der Waals surface area contributed by atoms with Gasteiger partial charge in [0.25, 0.3) is 0 Å². The molecule has 0 unspecified atom stereocenters. The molecule has 2 heterocycles. The van der Waals surface area contributed by atoms with Crippen molar-refractivity contribution in [3.63, 3.8) is 0 Å². The quantitative estimate of drug-likeness (QED) is 0.440. The molecule has 0 aromatic rings. The second-order valence-electron chi connectivity index (χ2n) is 5.02. The van der Waals surface area contributed by atoms with Crippen molar-refractivity contribution >= 4 is 13.8 Å². The summed E-state index contributed by atoms with van der Waals surface area (Å²) in [4.78, 5) is 6.20. The summed E-state index contributed by atoms with van der Waals surface area (Å²) in [5.41, 5.74) is 1.23. The van der Waals surface area contributed by atoms with Crippen LogP contribution in [0.2, 0.25) is 0 Å². The summed E-state index contributed by atoms with van der Waals surface area (Å²) in [5, 5.41) is 0. The first-order valence-corrected chi connectivity index (χ1v) is 9.44. The zero-order valence-electron chi connectivity index (χ0n) is 13.7. The Hall–Kier alpha value is -0.810. The zero-order chi connectivity index (χ0) is 15.8. The number of hydrogen-bond acceptors (Lipinski definition) is 5. The summed E-state index contributed by atoms with van der Waals surface area (Å²) in [6.45, 7) is 5.94. The molecule has 2 aliphatic heterocycles. The van der Waals surface area contributed by atoms with Crippen molar-refractivity contribution in [3.8, 4) is 0 Å². The molecule has 0 N–H and O–H groups in total. The number of allylic oxidation sites excluding steroid dienone is 3. The molecule has 0 aromatic heterocycles. The topological polar surface area (TPSA) is 51.1 Å². The summed E-state index contributed by atoms with van der Waals surface area (Å²) in [6, 6.07) is 0. The molecule has 0 aliphatic carbocycles. The van der Waals surface area contributed by atoms with E-state index in [9.17, 15) is 4.57 Å². The van der Waals surface area contributed by atoms with Crippen LogP contribution in [0.25, 0.3) is 0 Å². The van der Waals surface area contributed by atoms with Crippen LogP contribution in [0.5, 0.6) is 0 Å². The molecule has 128 valence electrons. The van der Waals surface area contributed by atoms with Crippen molar-refractivity contribution in [2.75, 3.05) is 32.5 Å². The summed E-state index contributed by atoms with van der Waals surface area (Å²) in [7, 11) is -2.96. The first-order valence-electron chi connectivity index (χ1n) is 7.72. The van der Waals surface area contributed by atoms with E-state index in [2.05, 4.69) is 22.0 Å². The fourth-order valence-corrected chi connectivity index (χ4v) is 3.99. The number of nitrogens with zero attached hydrogens (tertiary/aromatic N) is 2. The Morgan fingerprint density at radius 1 is 1.35 bits per heavy atom. The van der Waals surface area contributed by atoms with Crippen molar-refractivity contribution in [3.05, 3.63) is 42.1 Å². The van der Waals surface area contributed by atoms with Crippen molar-refractivity contribution in [1.29, 1.82) is 0 Å². The molecule has 0 saturated carbocycles. The normalized spacial score (nSPS) is 17.2. The van der Waals surface area contributed by atoms with E-state index in [0.717, 1.165) is 13.0 Å². The SMILES string of the molecule is CCOP(=O)(CCN1C=CC([C+]2C=CN=CC2)=CC1)OCC.[Br-]. The molecular weight excluding hydrogens is 379 g/mol. The van der Waals surface area contributed by atoms with Crippen molar-refractivity contribution in [2.45, 2.75) is 20.3 Å². The van der Waals surface area contributed by atoms with E-state index in [4.69, 9.17) is 9.05 Å². The molecule has 5 nitrogen and oxygen atoms in total. The molecule has 0 bridgehead atoms. The lowest BCUT2D eigenvalue weighted by Crippen LogP contribution is -3.00. The predicted octanol–water partition coefficient (Wildman–Crippen LogP) is 0.575. The lowest BCUT2D eigenvalue weighted by atomic mass is 9.93. The summed E-state index contributed by atoms with van der Waals surface area (Å²) >= 11 is 0. The van der Waals surface area contributed by atoms with Gasteiger partial charge in [0.15, 0.2) is 0 Å². The number of rotatable bonds is 8.